The van der Waals surface area contributed by atoms with E-state index in [1.165, 1.54) is 0 Å². The molecule has 0 radical (unpaired) electrons. The Morgan fingerprint density at radius 2 is 2.40 bits per heavy atom. The molecule has 0 saturated heterocycles. The second kappa shape index (κ2) is 5.46. The lowest BCUT2D eigenvalue weighted by Gasteiger charge is -2.10. The third kappa shape index (κ3) is 3.32. The van der Waals surface area contributed by atoms with Crippen molar-refractivity contribution in [2.45, 2.75) is 32.9 Å². The zero-order chi connectivity index (χ0) is 11.3. The van der Waals surface area contributed by atoms with E-state index in [9.17, 15) is 4.79 Å². The number of nitrogens with one attached hydrogen (secondary N) is 1. The van der Waals surface area contributed by atoms with E-state index in [2.05, 4.69) is 10.3 Å². The minimum absolute atomic E-state index is 0.110. The van der Waals surface area contributed by atoms with Gasteiger partial charge in [-0.05, 0) is 30.5 Å². The predicted molar refractivity (Wildman–Crippen MR) is 59.1 cm³/mol. The molecule has 1 heterocycles. The molecule has 4 nitrogen and oxygen atoms in total. The molecule has 1 atom stereocenters. The van der Waals surface area contributed by atoms with E-state index in [0.29, 0.717) is 13.0 Å². The number of carbonyl (C=O) groups is 1. The van der Waals surface area contributed by atoms with Crippen LogP contribution in [0.25, 0.3) is 0 Å². The van der Waals surface area contributed by atoms with Gasteiger partial charge in [0.15, 0.2) is 0 Å². The standard InChI is InChI=1S/C11H17N3O/c1-3-10(12)11(15)14-7-9-6-13-5-4-8(9)2/h4-6,10H,3,7,12H2,1-2H3,(H,14,15)/t10-/m0/s1. The zero-order valence-electron chi connectivity index (χ0n) is 9.16. The maximum absolute atomic E-state index is 11.4. The summed E-state index contributed by atoms with van der Waals surface area (Å²) in [7, 11) is 0. The maximum atomic E-state index is 11.4. The highest BCUT2D eigenvalue weighted by molar-refractivity contribution is 5.81. The topological polar surface area (TPSA) is 68.0 Å². The highest BCUT2D eigenvalue weighted by Gasteiger charge is 2.10. The third-order valence-corrected chi connectivity index (χ3v) is 2.38. The number of aromatic nitrogens is 1. The number of aryl methyl sites for hydroxylation is 1. The fraction of sp³-hybridized carbons (Fsp3) is 0.455. The molecule has 0 unspecified atom stereocenters. The van der Waals surface area contributed by atoms with Crippen LogP contribution in [-0.2, 0) is 11.3 Å². The Kier molecular flexibility index (Phi) is 4.24. The molecule has 82 valence electrons. The normalized spacial score (nSPS) is 12.2. The molecular weight excluding hydrogens is 190 g/mol. The first-order valence-electron chi connectivity index (χ1n) is 5.08. The quantitative estimate of drug-likeness (QED) is 0.765. The Morgan fingerprint density at radius 1 is 1.67 bits per heavy atom. The summed E-state index contributed by atoms with van der Waals surface area (Å²) in [5, 5.41) is 2.79. The van der Waals surface area contributed by atoms with Crippen molar-refractivity contribution in [1.82, 2.24) is 10.3 Å². The van der Waals surface area contributed by atoms with Gasteiger partial charge in [0, 0.05) is 18.9 Å². The fourth-order valence-electron chi connectivity index (χ4n) is 1.18. The average Bonchev–Trinajstić information content (AvgIpc) is 2.26. The summed E-state index contributed by atoms with van der Waals surface area (Å²) in [4.78, 5) is 15.4. The highest BCUT2D eigenvalue weighted by atomic mass is 16.2. The molecule has 0 aromatic carbocycles. The molecule has 0 aliphatic carbocycles. The van der Waals surface area contributed by atoms with Crippen LogP contribution in [0.5, 0.6) is 0 Å². The summed E-state index contributed by atoms with van der Waals surface area (Å²) >= 11 is 0. The van der Waals surface area contributed by atoms with Crippen molar-refractivity contribution in [3.05, 3.63) is 29.6 Å². The van der Waals surface area contributed by atoms with Crippen LogP contribution in [0.2, 0.25) is 0 Å². The SMILES string of the molecule is CC[C@H](N)C(=O)NCc1cnccc1C. The molecule has 1 aromatic heterocycles. The van der Waals surface area contributed by atoms with Gasteiger partial charge in [0.25, 0.3) is 0 Å². The lowest BCUT2D eigenvalue weighted by molar-refractivity contribution is -0.122. The van der Waals surface area contributed by atoms with Crippen molar-refractivity contribution in [3.63, 3.8) is 0 Å². The molecule has 0 bridgehead atoms. The molecule has 15 heavy (non-hydrogen) atoms. The van der Waals surface area contributed by atoms with Crippen molar-refractivity contribution >= 4 is 5.91 Å². The summed E-state index contributed by atoms with van der Waals surface area (Å²) in [6.07, 6.45) is 4.14. The lowest BCUT2D eigenvalue weighted by atomic mass is 10.1. The van der Waals surface area contributed by atoms with Crippen LogP contribution in [-0.4, -0.2) is 16.9 Å². The first-order chi connectivity index (χ1) is 7.15. The molecule has 0 spiro atoms. The Hall–Kier alpha value is -1.42. The molecule has 4 heteroatoms. The van der Waals surface area contributed by atoms with E-state index in [-0.39, 0.29) is 5.91 Å². The van der Waals surface area contributed by atoms with Crippen molar-refractivity contribution in [2.24, 2.45) is 5.73 Å². The van der Waals surface area contributed by atoms with Gasteiger partial charge in [-0.1, -0.05) is 6.92 Å². The van der Waals surface area contributed by atoms with Gasteiger partial charge in [0.1, 0.15) is 0 Å². The number of hydrogen-bond acceptors (Lipinski definition) is 3. The van der Waals surface area contributed by atoms with Gasteiger partial charge < -0.3 is 11.1 Å². The minimum atomic E-state index is -0.415. The van der Waals surface area contributed by atoms with E-state index in [4.69, 9.17) is 5.73 Å². The Balaban J connectivity index is 2.51. The molecule has 1 rings (SSSR count). The van der Waals surface area contributed by atoms with Crippen molar-refractivity contribution in [3.8, 4) is 0 Å². The molecule has 0 aliphatic rings. The van der Waals surface area contributed by atoms with Gasteiger partial charge in [-0.25, -0.2) is 0 Å². The second-order valence-electron chi connectivity index (χ2n) is 3.53. The Morgan fingerprint density at radius 3 is 3.00 bits per heavy atom. The summed E-state index contributed by atoms with van der Waals surface area (Å²) in [5.74, 6) is -0.110. The number of hydrogen-bond donors (Lipinski definition) is 2. The van der Waals surface area contributed by atoms with E-state index in [1.54, 1.807) is 12.4 Å². The lowest BCUT2D eigenvalue weighted by Crippen LogP contribution is -2.39. The molecule has 0 fully saturated rings. The van der Waals surface area contributed by atoms with E-state index < -0.39 is 6.04 Å². The van der Waals surface area contributed by atoms with E-state index >= 15 is 0 Å². The summed E-state index contributed by atoms with van der Waals surface area (Å²) in [6.45, 7) is 4.37. The number of carbonyl (C=O) groups excluding carboxylic acids is 1. The smallest absolute Gasteiger partial charge is 0.237 e. The largest absolute Gasteiger partial charge is 0.351 e. The number of pyridine rings is 1. The average molecular weight is 207 g/mol. The van der Waals surface area contributed by atoms with Crippen molar-refractivity contribution in [2.75, 3.05) is 0 Å². The number of nitrogens with two attached hydrogens (primary N) is 1. The third-order valence-electron chi connectivity index (χ3n) is 2.38. The molecule has 1 amide bonds. The van der Waals surface area contributed by atoms with Gasteiger partial charge in [0.2, 0.25) is 5.91 Å². The molecule has 3 N–H and O–H groups in total. The van der Waals surface area contributed by atoms with Crippen LogP contribution in [0.15, 0.2) is 18.5 Å². The van der Waals surface area contributed by atoms with Crippen LogP contribution < -0.4 is 11.1 Å². The van der Waals surface area contributed by atoms with E-state index in [0.717, 1.165) is 11.1 Å². The molecular formula is C11H17N3O. The minimum Gasteiger partial charge on any atom is -0.351 e. The second-order valence-corrected chi connectivity index (χ2v) is 3.53. The van der Waals surface area contributed by atoms with Crippen LogP contribution in [0.4, 0.5) is 0 Å². The Bertz CT molecular complexity index is 338. The van der Waals surface area contributed by atoms with Crippen LogP contribution >= 0.6 is 0 Å². The van der Waals surface area contributed by atoms with Crippen molar-refractivity contribution in [1.29, 1.82) is 0 Å². The number of rotatable bonds is 4. The van der Waals surface area contributed by atoms with Crippen LogP contribution in [0, 0.1) is 6.92 Å². The van der Waals surface area contributed by atoms with Gasteiger partial charge in [-0.3, -0.25) is 9.78 Å². The summed E-state index contributed by atoms with van der Waals surface area (Å²) in [5.41, 5.74) is 7.73. The maximum Gasteiger partial charge on any atom is 0.237 e. The number of amides is 1. The zero-order valence-corrected chi connectivity index (χ0v) is 9.16. The molecule has 0 saturated carbocycles. The van der Waals surface area contributed by atoms with Gasteiger partial charge in [-0.15, -0.1) is 0 Å². The molecule has 0 aliphatic heterocycles. The van der Waals surface area contributed by atoms with Gasteiger partial charge in [0.05, 0.1) is 6.04 Å². The van der Waals surface area contributed by atoms with Crippen molar-refractivity contribution < 1.29 is 4.79 Å². The predicted octanol–water partition coefficient (Wildman–Crippen LogP) is 0.744. The Labute approximate surface area is 89.9 Å². The first kappa shape index (κ1) is 11.7. The number of nitrogens with zero attached hydrogens (tertiary/aromatic N) is 1. The fourth-order valence-corrected chi connectivity index (χ4v) is 1.18. The monoisotopic (exact) mass is 207 g/mol. The van der Waals surface area contributed by atoms with Gasteiger partial charge >= 0.3 is 0 Å². The van der Waals surface area contributed by atoms with Crippen LogP contribution in [0.3, 0.4) is 0 Å². The van der Waals surface area contributed by atoms with E-state index in [1.807, 2.05) is 19.9 Å². The summed E-state index contributed by atoms with van der Waals surface area (Å²) in [6, 6.07) is 1.50. The first-order valence-corrected chi connectivity index (χ1v) is 5.08. The van der Waals surface area contributed by atoms with Crippen LogP contribution in [0.1, 0.15) is 24.5 Å². The van der Waals surface area contributed by atoms with Gasteiger partial charge in [-0.2, -0.15) is 0 Å². The highest BCUT2D eigenvalue weighted by Crippen LogP contribution is 2.04. The summed E-state index contributed by atoms with van der Waals surface area (Å²) < 4.78 is 0. The molecule has 1 aromatic rings.